The molecule has 6 heteroatoms. The lowest BCUT2D eigenvalue weighted by atomic mass is 10.1. The lowest BCUT2D eigenvalue weighted by Crippen LogP contribution is -2.20. The number of amides is 1. The third kappa shape index (κ3) is 3.28. The highest BCUT2D eigenvalue weighted by Crippen LogP contribution is 2.22. The molecule has 1 heterocycles. The maximum absolute atomic E-state index is 12.4. The molecule has 24 heavy (non-hydrogen) atoms. The van der Waals surface area contributed by atoms with Gasteiger partial charge in [0.05, 0.1) is 7.11 Å². The van der Waals surface area contributed by atoms with Gasteiger partial charge in [0, 0.05) is 16.0 Å². The quantitative estimate of drug-likeness (QED) is 0.578. The molecule has 0 saturated heterocycles. The second-order valence-corrected chi connectivity index (χ2v) is 5.92. The Morgan fingerprint density at radius 2 is 2.00 bits per heavy atom. The van der Waals surface area contributed by atoms with Crippen LogP contribution in [0.15, 0.2) is 62.6 Å². The largest absolute Gasteiger partial charge is 0.497 e. The normalized spacial score (nSPS) is 10.6. The summed E-state index contributed by atoms with van der Waals surface area (Å²) in [6.07, 6.45) is 1.95. The minimum Gasteiger partial charge on any atom is -0.497 e. The third-order valence-corrected chi connectivity index (χ3v) is 4.24. The number of thioether (sulfide) groups is 1. The number of hydrogen-bond donors (Lipinski definition) is 1. The van der Waals surface area contributed by atoms with E-state index in [9.17, 15) is 9.59 Å². The summed E-state index contributed by atoms with van der Waals surface area (Å²) in [5.74, 6) is 0.113. The molecule has 0 saturated carbocycles. The predicted molar refractivity (Wildman–Crippen MR) is 95.2 cm³/mol. The molecule has 0 aliphatic carbocycles. The standard InChI is InChI=1S/C18H15NO4S/c1-22-13-6-7-16-11(8-13)9-15(18(21)23-16)17(20)19-12-4-3-5-14(10-12)24-2/h3-10H,1-2H3,(H,19,20). The van der Waals surface area contributed by atoms with Gasteiger partial charge in [0.25, 0.3) is 5.91 Å². The number of nitrogens with one attached hydrogen (secondary N) is 1. The molecule has 0 radical (unpaired) electrons. The molecule has 2 aromatic carbocycles. The van der Waals surface area contributed by atoms with Crippen LogP contribution in [0.5, 0.6) is 5.75 Å². The summed E-state index contributed by atoms with van der Waals surface area (Å²) >= 11 is 1.57. The first-order chi connectivity index (χ1) is 11.6. The zero-order valence-electron chi connectivity index (χ0n) is 13.2. The first-order valence-corrected chi connectivity index (χ1v) is 8.40. The first kappa shape index (κ1) is 16.1. The lowest BCUT2D eigenvalue weighted by molar-refractivity contribution is 0.102. The van der Waals surface area contributed by atoms with Crippen LogP contribution < -0.4 is 15.7 Å². The van der Waals surface area contributed by atoms with E-state index in [4.69, 9.17) is 9.15 Å². The van der Waals surface area contributed by atoms with Gasteiger partial charge >= 0.3 is 5.63 Å². The van der Waals surface area contributed by atoms with Crippen molar-refractivity contribution in [3.63, 3.8) is 0 Å². The van der Waals surface area contributed by atoms with E-state index in [0.29, 0.717) is 22.4 Å². The van der Waals surface area contributed by atoms with Crippen molar-refractivity contribution >= 4 is 34.3 Å². The number of carbonyl (C=O) groups excluding carboxylic acids is 1. The first-order valence-electron chi connectivity index (χ1n) is 7.18. The Morgan fingerprint density at radius 1 is 1.17 bits per heavy atom. The average molecular weight is 341 g/mol. The van der Waals surface area contributed by atoms with E-state index >= 15 is 0 Å². The molecule has 3 rings (SSSR count). The van der Waals surface area contributed by atoms with Gasteiger partial charge in [-0.3, -0.25) is 4.79 Å². The van der Waals surface area contributed by atoms with Gasteiger partial charge in [-0.2, -0.15) is 0 Å². The summed E-state index contributed by atoms with van der Waals surface area (Å²) < 4.78 is 10.4. The molecule has 1 amide bonds. The second kappa shape index (κ2) is 6.80. The topological polar surface area (TPSA) is 68.5 Å². The van der Waals surface area contributed by atoms with Gasteiger partial charge in [-0.25, -0.2) is 4.79 Å². The van der Waals surface area contributed by atoms with Gasteiger partial charge < -0.3 is 14.5 Å². The van der Waals surface area contributed by atoms with Gasteiger partial charge in [0.15, 0.2) is 0 Å². The highest BCUT2D eigenvalue weighted by atomic mass is 32.2. The van der Waals surface area contributed by atoms with Crippen LogP contribution in [0.25, 0.3) is 11.0 Å². The summed E-state index contributed by atoms with van der Waals surface area (Å²) in [7, 11) is 1.55. The van der Waals surface area contributed by atoms with Crippen molar-refractivity contribution in [2.75, 3.05) is 18.7 Å². The molecule has 0 unspecified atom stereocenters. The number of carbonyl (C=O) groups is 1. The van der Waals surface area contributed by atoms with Crippen molar-refractivity contribution in [3.8, 4) is 5.75 Å². The molecular formula is C18H15NO4S. The summed E-state index contributed by atoms with van der Waals surface area (Å²) in [5.41, 5.74) is 0.301. The van der Waals surface area contributed by atoms with Gasteiger partial charge in [-0.15, -0.1) is 11.8 Å². The number of rotatable bonds is 4. The summed E-state index contributed by atoms with van der Waals surface area (Å²) in [5, 5.41) is 3.35. The molecule has 5 nitrogen and oxygen atoms in total. The maximum Gasteiger partial charge on any atom is 0.349 e. The Hall–Kier alpha value is -2.73. The fourth-order valence-electron chi connectivity index (χ4n) is 2.29. The zero-order chi connectivity index (χ0) is 17.1. The molecule has 1 aromatic heterocycles. The van der Waals surface area contributed by atoms with E-state index in [1.54, 1.807) is 43.1 Å². The van der Waals surface area contributed by atoms with Crippen molar-refractivity contribution < 1.29 is 13.9 Å². The molecule has 0 fully saturated rings. The molecule has 0 atom stereocenters. The molecule has 0 aliphatic heterocycles. The zero-order valence-corrected chi connectivity index (χ0v) is 14.0. The summed E-state index contributed by atoms with van der Waals surface area (Å²) in [6.45, 7) is 0. The minimum absolute atomic E-state index is 0.0506. The summed E-state index contributed by atoms with van der Waals surface area (Å²) in [6, 6.07) is 13.9. The van der Waals surface area contributed by atoms with Crippen LogP contribution >= 0.6 is 11.8 Å². The molecule has 122 valence electrons. The van der Waals surface area contributed by atoms with E-state index in [1.807, 2.05) is 24.5 Å². The number of ether oxygens (including phenoxy) is 1. The smallest absolute Gasteiger partial charge is 0.349 e. The van der Waals surface area contributed by atoms with Crippen molar-refractivity contribution in [2.45, 2.75) is 4.90 Å². The number of methoxy groups -OCH3 is 1. The highest BCUT2D eigenvalue weighted by Gasteiger charge is 2.14. The van der Waals surface area contributed by atoms with Crippen molar-refractivity contribution in [3.05, 3.63) is 64.5 Å². The Bertz CT molecular complexity index is 965. The highest BCUT2D eigenvalue weighted by molar-refractivity contribution is 7.98. The van der Waals surface area contributed by atoms with Crippen molar-refractivity contribution in [1.29, 1.82) is 0 Å². The van der Waals surface area contributed by atoms with Crippen LogP contribution in [0.3, 0.4) is 0 Å². The maximum atomic E-state index is 12.4. The Morgan fingerprint density at radius 3 is 2.75 bits per heavy atom. The fourth-order valence-corrected chi connectivity index (χ4v) is 2.75. The number of anilines is 1. The van der Waals surface area contributed by atoms with E-state index < -0.39 is 11.5 Å². The van der Waals surface area contributed by atoms with Crippen molar-refractivity contribution in [2.24, 2.45) is 0 Å². The lowest BCUT2D eigenvalue weighted by Gasteiger charge is -2.07. The minimum atomic E-state index is -0.675. The molecule has 3 aromatic rings. The van der Waals surface area contributed by atoms with E-state index in [0.717, 1.165) is 4.90 Å². The van der Waals surface area contributed by atoms with Crippen LogP contribution in [-0.2, 0) is 0 Å². The number of benzene rings is 2. The van der Waals surface area contributed by atoms with E-state index in [2.05, 4.69) is 5.32 Å². The van der Waals surface area contributed by atoms with Crippen LogP contribution in [0.4, 0.5) is 5.69 Å². The van der Waals surface area contributed by atoms with Crippen LogP contribution in [0.2, 0.25) is 0 Å². The Labute approximate surface area is 142 Å². The van der Waals surface area contributed by atoms with Gasteiger partial charge in [-0.1, -0.05) is 6.07 Å². The molecule has 0 aliphatic rings. The molecule has 0 spiro atoms. The number of hydrogen-bond acceptors (Lipinski definition) is 5. The Kier molecular flexibility index (Phi) is 4.57. The predicted octanol–water partition coefficient (Wildman–Crippen LogP) is 3.78. The second-order valence-electron chi connectivity index (χ2n) is 5.04. The Balaban J connectivity index is 1.96. The molecular weight excluding hydrogens is 326 g/mol. The number of fused-ring (bicyclic) bond motifs is 1. The molecule has 0 bridgehead atoms. The van der Waals surface area contributed by atoms with E-state index in [1.165, 1.54) is 6.07 Å². The third-order valence-electron chi connectivity index (χ3n) is 3.51. The van der Waals surface area contributed by atoms with Crippen LogP contribution in [0.1, 0.15) is 10.4 Å². The van der Waals surface area contributed by atoms with Crippen LogP contribution in [0, 0.1) is 0 Å². The van der Waals surface area contributed by atoms with Gasteiger partial charge in [0.2, 0.25) is 0 Å². The van der Waals surface area contributed by atoms with E-state index in [-0.39, 0.29) is 5.56 Å². The van der Waals surface area contributed by atoms with Gasteiger partial charge in [0.1, 0.15) is 16.9 Å². The molecule has 1 N–H and O–H groups in total. The SMILES string of the molecule is COc1ccc2oc(=O)c(C(=O)Nc3cccc(SC)c3)cc2c1. The monoisotopic (exact) mass is 341 g/mol. The average Bonchev–Trinajstić information content (AvgIpc) is 2.60. The fraction of sp³-hybridized carbons (Fsp3) is 0.111. The summed E-state index contributed by atoms with van der Waals surface area (Å²) in [4.78, 5) is 25.5. The van der Waals surface area contributed by atoms with Crippen LogP contribution in [-0.4, -0.2) is 19.3 Å². The van der Waals surface area contributed by atoms with Gasteiger partial charge in [-0.05, 0) is 48.7 Å². The van der Waals surface area contributed by atoms with Crippen molar-refractivity contribution in [1.82, 2.24) is 0 Å².